The van der Waals surface area contributed by atoms with Gasteiger partial charge in [0.2, 0.25) is 5.91 Å². The summed E-state index contributed by atoms with van der Waals surface area (Å²) in [6, 6.07) is 1.74. The number of nitrogens with one attached hydrogen (secondary N) is 1. The van der Waals surface area contributed by atoms with Crippen molar-refractivity contribution in [3.8, 4) is 0 Å². The molecule has 1 N–H and O–H groups in total. The van der Waals surface area contributed by atoms with Crippen molar-refractivity contribution < 1.29 is 9.59 Å². The second-order valence-corrected chi connectivity index (χ2v) is 4.93. The van der Waals surface area contributed by atoms with Crippen LogP contribution in [0.4, 0.5) is 4.79 Å². The Morgan fingerprint density at radius 2 is 2.20 bits per heavy atom. The molecule has 1 aliphatic rings. The Hall–Kier alpha value is -1.36. The predicted octanol–water partition coefficient (Wildman–Crippen LogP) is 1.42. The zero-order chi connectivity index (χ0) is 11.0. The van der Waals surface area contributed by atoms with Gasteiger partial charge in [-0.25, -0.2) is 4.79 Å². The lowest BCUT2D eigenvalue weighted by Crippen LogP contribution is -2.29. The summed E-state index contributed by atoms with van der Waals surface area (Å²) in [5.74, 6) is -0.149. The molecular weight excluding hydrogens is 212 g/mol. The highest BCUT2D eigenvalue weighted by Crippen LogP contribution is 2.22. The van der Waals surface area contributed by atoms with Crippen LogP contribution < -0.4 is 5.32 Å². The summed E-state index contributed by atoms with van der Waals surface area (Å²) in [6.45, 7) is 4.59. The summed E-state index contributed by atoms with van der Waals surface area (Å²) < 4.78 is 0. The van der Waals surface area contributed by atoms with Gasteiger partial charge >= 0.3 is 6.03 Å². The molecule has 1 fully saturated rings. The maximum atomic E-state index is 11.3. The molecule has 0 unspecified atom stereocenters. The molecule has 1 aromatic rings. The quantitative estimate of drug-likeness (QED) is 0.772. The lowest BCUT2D eigenvalue weighted by atomic mass is 10.3. The molecule has 1 aromatic heterocycles. The van der Waals surface area contributed by atoms with Gasteiger partial charge in [0.05, 0.1) is 13.1 Å². The number of carbonyl (C=O) groups is 2. The Morgan fingerprint density at radius 3 is 2.67 bits per heavy atom. The zero-order valence-corrected chi connectivity index (χ0v) is 9.48. The lowest BCUT2D eigenvalue weighted by molar-refractivity contribution is -0.125. The number of thiophene rings is 1. The van der Waals surface area contributed by atoms with Crippen LogP contribution in [0.1, 0.15) is 15.3 Å². The van der Waals surface area contributed by atoms with Crippen molar-refractivity contribution in [3.05, 3.63) is 21.4 Å². The van der Waals surface area contributed by atoms with Crippen LogP contribution in [-0.4, -0.2) is 23.4 Å². The fourth-order valence-corrected chi connectivity index (χ4v) is 2.54. The first-order valence-corrected chi connectivity index (χ1v) is 5.53. The van der Waals surface area contributed by atoms with E-state index >= 15 is 0 Å². The Labute approximate surface area is 91.9 Å². The van der Waals surface area contributed by atoms with E-state index in [1.807, 2.05) is 19.9 Å². The minimum absolute atomic E-state index is 0.127. The molecule has 1 aliphatic heterocycles. The molecule has 0 aromatic carbocycles. The van der Waals surface area contributed by atoms with Crippen LogP contribution in [0.25, 0.3) is 0 Å². The summed E-state index contributed by atoms with van der Waals surface area (Å²) in [7, 11) is 0. The third-order valence-corrected chi connectivity index (χ3v) is 3.61. The van der Waals surface area contributed by atoms with Crippen LogP contribution in [0.2, 0.25) is 0 Å². The van der Waals surface area contributed by atoms with Gasteiger partial charge in [0.1, 0.15) is 0 Å². The molecule has 2 rings (SSSR count). The number of aryl methyl sites for hydroxylation is 2. The molecule has 4 nitrogen and oxygen atoms in total. The molecular formula is C10H12N2O2S. The minimum atomic E-state index is -0.288. The van der Waals surface area contributed by atoms with Gasteiger partial charge in [0.15, 0.2) is 0 Å². The molecule has 3 amide bonds. The monoisotopic (exact) mass is 224 g/mol. The lowest BCUT2D eigenvalue weighted by Gasteiger charge is -2.09. The molecule has 2 heterocycles. The molecule has 5 heteroatoms. The van der Waals surface area contributed by atoms with Gasteiger partial charge in [-0.3, -0.25) is 9.69 Å². The van der Waals surface area contributed by atoms with E-state index in [4.69, 9.17) is 0 Å². The van der Waals surface area contributed by atoms with Crippen molar-refractivity contribution in [1.82, 2.24) is 10.2 Å². The van der Waals surface area contributed by atoms with Crippen molar-refractivity contribution in [2.45, 2.75) is 20.4 Å². The van der Waals surface area contributed by atoms with Crippen molar-refractivity contribution in [2.75, 3.05) is 6.54 Å². The summed E-state index contributed by atoms with van der Waals surface area (Å²) in [5.41, 5.74) is 1.21. The average molecular weight is 224 g/mol. The SMILES string of the molecule is Cc1cc(CN2C(=O)CNC2=O)sc1C. The predicted molar refractivity (Wildman–Crippen MR) is 57.7 cm³/mol. The number of hydrogen-bond acceptors (Lipinski definition) is 3. The Kier molecular flexibility index (Phi) is 2.48. The van der Waals surface area contributed by atoms with Crippen LogP contribution in [0.15, 0.2) is 6.07 Å². The first-order chi connectivity index (χ1) is 7.08. The first-order valence-electron chi connectivity index (χ1n) is 4.72. The fourth-order valence-electron chi connectivity index (χ4n) is 1.50. The van der Waals surface area contributed by atoms with Crippen LogP contribution in [0.5, 0.6) is 0 Å². The molecule has 15 heavy (non-hydrogen) atoms. The molecule has 1 saturated heterocycles. The molecule has 0 aliphatic carbocycles. The van der Waals surface area contributed by atoms with Gasteiger partial charge in [0, 0.05) is 9.75 Å². The zero-order valence-electron chi connectivity index (χ0n) is 8.66. The van der Waals surface area contributed by atoms with Crippen LogP contribution in [0.3, 0.4) is 0 Å². The molecule has 0 radical (unpaired) electrons. The van der Waals surface area contributed by atoms with Gasteiger partial charge in [-0.05, 0) is 25.5 Å². The molecule has 0 saturated carbocycles. The smallest absolute Gasteiger partial charge is 0.324 e. The fraction of sp³-hybridized carbons (Fsp3) is 0.400. The van der Waals surface area contributed by atoms with E-state index in [0.717, 1.165) is 4.88 Å². The van der Waals surface area contributed by atoms with Gasteiger partial charge in [0.25, 0.3) is 0 Å². The molecule has 0 atom stereocenters. The van der Waals surface area contributed by atoms with E-state index in [1.54, 1.807) is 11.3 Å². The van der Waals surface area contributed by atoms with E-state index in [-0.39, 0.29) is 18.5 Å². The van der Waals surface area contributed by atoms with Crippen LogP contribution in [0, 0.1) is 13.8 Å². The Balaban J connectivity index is 2.14. The van der Waals surface area contributed by atoms with Crippen LogP contribution >= 0.6 is 11.3 Å². The standard InChI is InChI=1S/C10H12N2O2S/c1-6-3-8(15-7(6)2)5-12-9(13)4-11-10(12)14/h3H,4-5H2,1-2H3,(H,11,14). The van der Waals surface area contributed by atoms with Gasteiger partial charge in [-0.15, -0.1) is 11.3 Å². The largest absolute Gasteiger partial charge is 0.329 e. The first kappa shape index (κ1) is 10.2. The van der Waals surface area contributed by atoms with E-state index in [9.17, 15) is 9.59 Å². The van der Waals surface area contributed by atoms with Gasteiger partial charge in [-0.2, -0.15) is 0 Å². The maximum Gasteiger partial charge on any atom is 0.324 e. The number of rotatable bonds is 2. The van der Waals surface area contributed by atoms with Crippen LogP contribution in [-0.2, 0) is 11.3 Å². The van der Waals surface area contributed by atoms with Gasteiger partial charge < -0.3 is 5.32 Å². The van der Waals surface area contributed by atoms with E-state index < -0.39 is 0 Å². The summed E-state index contributed by atoms with van der Waals surface area (Å²) in [5, 5.41) is 2.50. The normalized spacial score (nSPS) is 16.0. The number of nitrogens with zero attached hydrogens (tertiary/aromatic N) is 1. The summed E-state index contributed by atoms with van der Waals surface area (Å²) >= 11 is 1.63. The number of carbonyl (C=O) groups excluding carboxylic acids is 2. The highest BCUT2D eigenvalue weighted by molar-refractivity contribution is 7.12. The van der Waals surface area contributed by atoms with Crippen molar-refractivity contribution in [3.63, 3.8) is 0 Å². The van der Waals surface area contributed by atoms with Crippen molar-refractivity contribution in [2.24, 2.45) is 0 Å². The Bertz CT molecular complexity index is 390. The van der Waals surface area contributed by atoms with E-state index in [0.29, 0.717) is 6.54 Å². The Morgan fingerprint density at radius 1 is 1.47 bits per heavy atom. The van der Waals surface area contributed by atoms with Crippen molar-refractivity contribution >= 4 is 23.3 Å². The van der Waals surface area contributed by atoms with E-state index in [1.165, 1.54) is 15.3 Å². The third-order valence-electron chi connectivity index (χ3n) is 2.47. The second kappa shape index (κ2) is 3.66. The third kappa shape index (κ3) is 1.87. The average Bonchev–Trinajstić information content (AvgIpc) is 2.64. The highest BCUT2D eigenvalue weighted by Gasteiger charge is 2.28. The highest BCUT2D eigenvalue weighted by atomic mass is 32.1. The molecule has 0 spiro atoms. The maximum absolute atomic E-state index is 11.3. The second-order valence-electron chi connectivity index (χ2n) is 3.59. The number of hydrogen-bond donors (Lipinski definition) is 1. The summed E-state index contributed by atoms with van der Waals surface area (Å²) in [6.07, 6.45) is 0. The number of imide groups is 1. The minimum Gasteiger partial charge on any atom is -0.329 e. The van der Waals surface area contributed by atoms with E-state index in [2.05, 4.69) is 5.32 Å². The summed E-state index contributed by atoms with van der Waals surface area (Å²) in [4.78, 5) is 26.1. The topological polar surface area (TPSA) is 49.4 Å². The van der Waals surface area contributed by atoms with Gasteiger partial charge in [-0.1, -0.05) is 0 Å². The molecule has 0 bridgehead atoms. The molecule has 80 valence electrons. The van der Waals surface area contributed by atoms with Crippen molar-refractivity contribution in [1.29, 1.82) is 0 Å². The number of urea groups is 1. The number of amides is 3.